The van der Waals surface area contributed by atoms with Gasteiger partial charge < -0.3 is 10.3 Å². The Morgan fingerprint density at radius 2 is 2.00 bits per heavy atom. The normalized spacial score (nSPS) is 12.1. The van der Waals surface area contributed by atoms with E-state index in [1.54, 1.807) is 18.5 Å². The van der Waals surface area contributed by atoms with Crippen molar-refractivity contribution in [3.8, 4) is 11.4 Å². The van der Waals surface area contributed by atoms with Gasteiger partial charge in [0.05, 0.1) is 6.04 Å². The molecule has 5 nitrogen and oxygen atoms in total. The van der Waals surface area contributed by atoms with Crippen molar-refractivity contribution in [2.45, 2.75) is 13.0 Å². The van der Waals surface area contributed by atoms with Crippen molar-refractivity contribution in [1.82, 2.24) is 19.9 Å². The van der Waals surface area contributed by atoms with Gasteiger partial charge in [-0.3, -0.25) is 0 Å². The molecule has 1 aromatic carbocycles. The van der Waals surface area contributed by atoms with Gasteiger partial charge in [0.1, 0.15) is 16.8 Å². The summed E-state index contributed by atoms with van der Waals surface area (Å²) < 4.78 is 0. The number of aromatic amines is 1. The number of hydrogen-bond donors (Lipinski definition) is 2. The van der Waals surface area contributed by atoms with Gasteiger partial charge in [0.2, 0.25) is 0 Å². The highest BCUT2D eigenvalue weighted by atomic mass is 35.5. The molecule has 3 rings (SSSR count). The average molecular weight is 300 g/mol. The van der Waals surface area contributed by atoms with Crippen LogP contribution >= 0.6 is 11.6 Å². The molecule has 3 aromatic rings. The van der Waals surface area contributed by atoms with Gasteiger partial charge in [-0.05, 0) is 6.92 Å². The second kappa shape index (κ2) is 5.93. The topological polar surface area (TPSA) is 66.5 Å². The summed E-state index contributed by atoms with van der Waals surface area (Å²) in [6.07, 6.45) is 3.51. The number of rotatable bonds is 4. The van der Waals surface area contributed by atoms with Gasteiger partial charge in [0, 0.05) is 24.0 Å². The number of halogens is 1. The number of imidazole rings is 1. The Hall–Kier alpha value is -2.40. The summed E-state index contributed by atoms with van der Waals surface area (Å²) in [5.74, 6) is 2.10. The monoisotopic (exact) mass is 299 g/mol. The van der Waals surface area contributed by atoms with Crippen LogP contribution in [0.1, 0.15) is 18.8 Å². The first-order valence-electron chi connectivity index (χ1n) is 6.58. The summed E-state index contributed by atoms with van der Waals surface area (Å²) in [7, 11) is 0. The smallest absolute Gasteiger partial charge is 0.163 e. The van der Waals surface area contributed by atoms with Gasteiger partial charge >= 0.3 is 0 Å². The van der Waals surface area contributed by atoms with E-state index in [1.807, 2.05) is 37.3 Å². The molecule has 0 amide bonds. The Kier molecular flexibility index (Phi) is 3.83. The first-order chi connectivity index (χ1) is 10.2. The van der Waals surface area contributed by atoms with E-state index in [4.69, 9.17) is 11.6 Å². The third-order valence-electron chi connectivity index (χ3n) is 3.02. The summed E-state index contributed by atoms with van der Waals surface area (Å²) in [4.78, 5) is 16.1. The molecule has 0 spiro atoms. The van der Waals surface area contributed by atoms with Crippen molar-refractivity contribution in [3.63, 3.8) is 0 Å². The summed E-state index contributed by atoms with van der Waals surface area (Å²) in [5.41, 5.74) is 0.925. The minimum Gasteiger partial charge on any atom is -0.360 e. The second-order valence-corrected chi connectivity index (χ2v) is 4.99. The van der Waals surface area contributed by atoms with E-state index >= 15 is 0 Å². The number of nitrogens with one attached hydrogen (secondary N) is 2. The van der Waals surface area contributed by atoms with Crippen molar-refractivity contribution >= 4 is 17.4 Å². The van der Waals surface area contributed by atoms with Gasteiger partial charge in [-0.15, -0.1) is 0 Å². The lowest BCUT2D eigenvalue weighted by atomic mass is 10.2. The average Bonchev–Trinajstić information content (AvgIpc) is 3.02. The highest BCUT2D eigenvalue weighted by molar-refractivity contribution is 6.29. The van der Waals surface area contributed by atoms with Gasteiger partial charge in [0.25, 0.3) is 0 Å². The highest BCUT2D eigenvalue weighted by Gasteiger charge is 2.11. The predicted molar refractivity (Wildman–Crippen MR) is 83.1 cm³/mol. The van der Waals surface area contributed by atoms with Crippen LogP contribution in [-0.2, 0) is 0 Å². The fourth-order valence-corrected chi connectivity index (χ4v) is 2.20. The van der Waals surface area contributed by atoms with Crippen molar-refractivity contribution < 1.29 is 0 Å². The molecule has 0 bridgehead atoms. The van der Waals surface area contributed by atoms with Gasteiger partial charge in [-0.1, -0.05) is 41.9 Å². The first kappa shape index (κ1) is 13.6. The number of hydrogen-bond acceptors (Lipinski definition) is 4. The Balaban J connectivity index is 1.88. The van der Waals surface area contributed by atoms with Crippen LogP contribution in [0.25, 0.3) is 11.4 Å². The Morgan fingerprint density at radius 3 is 2.71 bits per heavy atom. The first-order valence-corrected chi connectivity index (χ1v) is 6.96. The highest BCUT2D eigenvalue weighted by Crippen LogP contribution is 2.22. The van der Waals surface area contributed by atoms with E-state index in [0.717, 1.165) is 11.4 Å². The fourth-order valence-electron chi connectivity index (χ4n) is 2.01. The number of aromatic nitrogens is 4. The summed E-state index contributed by atoms with van der Waals surface area (Å²) >= 11 is 6.09. The molecule has 0 saturated heterocycles. The third kappa shape index (κ3) is 3.20. The van der Waals surface area contributed by atoms with Crippen LogP contribution in [0.2, 0.25) is 5.15 Å². The lowest BCUT2D eigenvalue weighted by Gasteiger charge is -2.13. The Labute approximate surface area is 127 Å². The molecule has 6 heteroatoms. The van der Waals surface area contributed by atoms with Crippen molar-refractivity contribution in [1.29, 1.82) is 0 Å². The molecule has 2 heterocycles. The zero-order valence-electron chi connectivity index (χ0n) is 11.4. The zero-order chi connectivity index (χ0) is 14.7. The summed E-state index contributed by atoms with van der Waals surface area (Å²) in [5, 5.41) is 3.67. The van der Waals surface area contributed by atoms with Crippen LogP contribution in [0, 0.1) is 0 Å². The van der Waals surface area contributed by atoms with Crippen LogP contribution in [-0.4, -0.2) is 19.9 Å². The van der Waals surface area contributed by atoms with Crippen molar-refractivity contribution in [3.05, 3.63) is 59.8 Å². The second-order valence-electron chi connectivity index (χ2n) is 4.61. The van der Waals surface area contributed by atoms with E-state index in [0.29, 0.717) is 16.8 Å². The molecule has 1 atom stereocenters. The minimum absolute atomic E-state index is 0.00501. The fraction of sp³-hybridized carbons (Fsp3) is 0.133. The molecule has 106 valence electrons. The van der Waals surface area contributed by atoms with E-state index in [2.05, 4.69) is 25.3 Å². The predicted octanol–water partition coefficient (Wildman–Crippen LogP) is 3.69. The number of nitrogens with zero attached hydrogens (tertiary/aromatic N) is 3. The van der Waals surface area contributed by atoms with E-state index < -0.39 is 0 Å². The molecular formula is C15H14ClN5. The van der Waals surface area contributed by atoms with Gasteiger partial charge in [-0.25, -0.2) is 15.0 Å². The number of H-pyrrole nitrogens is 1. The van der Waals surface area contributed by atoms with E-state index in [1.165, 1.54) is 0 Å². The SMILES string of the molecule is CC(Nc1cc(Cl)nc(-c2ccccc2)n1)c1ncc[nH]1. The van der Waals surface area contributed by atoms with E-state index in [9.17, 15) is 0 Å². The maximum absolute atomic E-state index is 6.09. The van der Waals surface area contributed by atoms with Crippen LogP contribution in [0.4, 0.5) is 5.82 Å². The van der Waals surface area contributed by atoms with Crippen LogP contribution in [0.5, 0.6) is 0 Å². The molecule has 0 aliphatic heterocycles. The molecule has 2 N–H and O–H groups in total. The van der Waals surface area contributed by atoms with Gasteiger partial charge in [-0.2, -0.15) is 0 Å². The molecule has 0 radical (unpaired) electrons. The Morgan fingerprint density at radius 1 is 1.19 bits per heavy atom. The standard InChI is InChI=1S/C15H14ClN5/c1-10(14-17-7-8-18-14)19-13-9-12(16)20-15(21-13)11-5-3-2-4-6-11/h2-10H,1H3,(H,17,18)(H,19,20,21). The molecule has 0 aliphatic rings. The molecule has 0 saturated carbocycles. The summed E-state index contributed by atoms with van der Waals surface area (Å²) in [6, 6.07) is 11.4. The maximum atomic E-state index is 6.09. The molecule has 0 fully saturated rings. The largest absolute Gasteiger partial charge is 0.360 e. The Bertz CT molecular complexity index is 712. The van der Waals surface area contributed by atoms with Crippen molar-refractivity contribution in [2.24, 2.45) is 0 Å². The minimum atomic E-state index is -0.00501. The molecular weight excluding hydrogens is 286 g/mol. The molecule has 0 aliphatic carbocycles. The van der Waals surface area contributed by atoms with Gasteiger partial charge in [0.15, 0.2) is 5.82 Å². The summed E-state index contributed by atoms with van der Waals surface area (Å²) in [6.45, 7) is 2.00. The van der Waals surface area contributed by atoms with E-state index in [-0.39, 0.29) is 6.04 Å². The van der Waals surface area contributed by atoms with Crippen LogP contribution in [0.15, 0.2) is 48.8 Å². The maximum Gasteiger partial charge on any atom is 0.163 e. The molecule has 1 unspecified atom stereocenters. The quantitative estimate of drug-likeness (QED) is 0.721. The number of benzene rings is 1. The lowest BCUT2D eigenvalue weighted by Crippen LogP contribution is -2.10. The lowest BCUT2D eigenvalue weighted by molar-refractivity contribution is 0.803. The molecule has 21 heavy (non-hydrogen) atoms. The number of anilines is 1. The van der Waals surface area contributed by atoms with Crippen molar-refractivity contribution in [2.75, 3.05) is 5.32 Å². The zero-order valence-corrected chi connectivity index (χ0v) is 12.2. The molecule has 2 aromatic heterocycles. The van der Waals surface area contributed by atoms with Crippen LogP contribution < -0.4 is 5.32 Å². The van der Waals surface area contributed by atoms with Crippen LogP contribution in [0.3, 0.4) is 0 Å². The third-order valence-corrected chi connectivity index (χ3v) is 3.21.